The summed E-state index contributed by atoms with van der Waals surface area (Å²) in [6.07, 6.45) is 4.58. The van der Waals surface area contributed by atoms with E-state index in [1.165, 1.54) is 6.42 Å². The summed E-state index contributed by atoms with van der Waals surface area (Å²) in [5, 5.41) is 12.3. The molecule has 0 spiro atoms. The van der Waals surface area contributed by atoms with Crippen LogP contribution in [0.3, 0.4) is 0 Å². The van der Waals surface area contributed by atoms with Crippen molar-refractivity contribution in [2.24, 2.45) is 0 Å². The molecule has 1 aliphatic rings. The van der Waals surface area contributed by atoms with Gasteiger partial charge in [-0.1, -0.05) is 22.9 Å². The highest BCUT2D eigenvalue weighted by Gasteiger charge is 2.40. The van der Waals surface area contributed by atoms with Crippen molar-refractivity contribution in [1.82, 2.24) is 20.2 Å². The molecule has 0 saturated heterocycles. The monoisotopic (exact) mass is 321 g/mol. The van der Waals surface area contributed by atoms with E-state index in [9.17, 15) is 0 Å². The van der Waals surface area contributed by atoms with Crippen LogP contribution in [0.15, 0.2) is 22.7 Å². The second kappa shape index (κ2) is 4.59. The zero-order valence-corrected chi connectivity index (χ0v) is 12.4. The maximum atomic E-state index is 5.90. The van der Waals surface area contributed by atoms with Crippen molar-refractivity contribution in [2.45, 2.75) is 38.1 Å². The number of benzene rings is 1. The Morgan fingerprint density at radius 3 is 2.74 bits per heavy atom. The van der Waals surface area contributed by atoms with E-state index in [-0.39, 0.29) is 5.54 Å². The maximum absolute atomic E-state index is 5.90. The first kappa shape index (κ1) is 12.6. The van der Waals surface area contributed by atoms with Crippen LogP contribution in [0.4, 0.5) is 5.69 Å². The third-order valence-corrected chi connectivity index (χ3v) is 4.50. The van der Waals surface area contributed by atoms with Crippen LogP contribution in [-0.2, 0) is 5.54 Å². The lowest BCUT2D eigenvalue weighted by molar-refractivity contribution is 0.118. The summed E-state index contributed by atoms with van der Waals surface area (Å²) in [5.41, 5.74) is 7.65. The van der Waals surface area contributed by atoms with E-state index in [4.69, 9.17) is 5.73 Å². The molecule has 1 heterocycles. The number of nitrogens with two attached hydrogens (primary N) is 1. The van der Waals surface area contributed by atoms with Crippen molar-refractivity contribution in [3.63, 3.8) is 0 Å². The van der Waals surface area contributed by atoms with Crippen molar-refractivity contribution in [2.75, 3.05) is 5.73 Å². The first-order valence-corrected chi connectivity index (χ1v) is 7.29. The van der Waals surface area contributed by atoms with Gasteiger partial charge in [-0.3, -0.25) is 0 Å². The molecular formula is C13H16BrN5. The van der Waals surface area contributed by atoms with Gasteiger partial charge >= 0.3 is 0 Å². The number of halogens is 1. The van der Waals surface area contributed by atoms with Crippen LogP contribution >= 0.6 is 15.9 Å². The molecule has 1 aromatic carbocycles. The van der Waals surface area contributed by atoms with E-state index in [1.807, 2.05) is 22.9 Å². The highest BCUT2D eigenvalue weighted by molar-refractivity contribution is 9.10. The normalized spacial score (nSPS) is 17.2. The third kappa shape index (κ3) is 2.04. The molecule has 100 valence electrons. The van der Waals surface area contributed by atoms with Gasteiger partial charge in [0.1, 0.15) is 0 Å². The van der Waals surface area contributed by atoms with Crippen LogP contribution in [-0.4, -0.2) is 20.2 Å². The molecule has 1 saturated carbocycles. The highest BCUT2D eigenvalue weighted by atomic mass is 79.9. The molecule has 1 aliphatic carbocycles. The molecule has 1 aromatic heterocycles. The standard InChI is InChI=1S/C13H16BrN5/c1-2-13(4-3-5-13)19-12(16-17-18-19)9-6-10(14)8-11(15)7-9/h6-8H,2-5,15H2,1H3. The molecule has 0 atom stereocenters. The van der Waals surface area contributed by atoms with Crippen LogP contribution in [0.2, 0.25) is 0 Å². The molecular weight excluding hydrogens is 306 g/mol. The van der Waals surface area contributed by atoms with Crippen LogP contribution in [0.1, 0.15) is 32.6 Å². The Bertz CT molecular complexity index is 577. The van der Waals surface area contributed by atoms with Gasteiger partial charge in [0.05, 0.1) is 5.54 Å². The number of nitrogen functional groups attached to an aromatic ring is 1. The molecule has 3 rings (SSSR count). The minimum atomic E-state index is 0.0932. The van der Waals surface area contributed by atoms with E-state index < -0.39 is 0 Å². The van der Waals surface area contributed by atoms with Crippen LogP contribution < -0.4 is 5.73 Å². The lowest BCUT2D eigenvalue weighted by atomic mass is 9.75. The van der Waals surface area contributed by atoms with Crippen molar-refractivity contribution in [1.29, 1.82) is 0 Å². The number of hydrogen-bond donors (Lipinski definition) is 1. The summed E-state index contributed by atoms with van der Waals surface area (Å²) in [4.78, 5) is 0. The average Bonchev–Trinajstić information content (AvgIpc) is 2.76. The quantitative estimate of drug-likeness (QED) is 0.882. The van der Waals surface area contributed by atoms with Gasteiger partial charge in [0.25, 0.3) is 0 Å². The molecule has 19 heavy (non-hydrogen) atoms. The van der Waals surface area contributed by atoms with Gasteiger partial charge in [-0.05, 0) is 54.3 Å². The van der Waals surface area contributed by atoms with Crippen LogP contribution in [0.5, 0.6) is 0 Å². The van der Waals surface area contributed by atoms with E-state index in [2.05, 4.69) is 38.4 Å². The summed E-state index contributed by atoms with van der Waals surface area (Å²) < 4.78 is 2.92. The molecule has 2 N–H and O–H groups in total. The number of tetrazole rings is 1. The van der Waals surface area contributed by atoms with E-state index in [1.54, 1.807) is 0 Å². The Labute approximate surface area is 120 Å². The van der Waals surface area contributed by atoms with Gasteiger partial charge in [-0.25, -0.2) is 4.68 Å². The third-order valence-electron chi connectivity index (χ3n) is 4.04. The molecule has 2 aromatic rings. The first-order chi connectivity index (χ1) is 9.14. The molecule has 1 fully saturated rings. The summed E-state index contributed by atoms with van der Waals surface area (Å²) in [7, 11) is 0. The number of nitrogens with zero attached hydrogens (tertiary/aromatic N) is 4. The smallest absolute Gasteiger partial charge is 0.182 e. The van der Waals surface area contributed by atoms with Gasteiger partial charge in [0, 0.05) is 15.7 Å². The Balaban J connectivity index is 2.09. The fraction of sp³-hybridized carbons (Fsp3) is 0.462. The molecule has 6 heteroatoms. The predicted octanol–water partition coefficient (Wildman–Crippen LogP) is 2.97. The van der Waals surface area contributed by atoms with E-state index in [0.29, 0.717) is 5.69 Å². The topological polar surface area (TPSA) is 69.6 Å². The number of aromatic nitrogens is 4. The van der Waals surface area contributed by atoms with Crippen LogP contribution in [0.25, 0.3) is 11.4 Å². The van der Waals surface area contributed by atoms with Gasteiger partial charge in [-0.2, -0.15) is 0 Å². The SMILES string of the molecule is CCC1(n2nnnc2-c2cc(N)cc(Br)c2)CCC1. The Hall–Kier alpha value is -1.43. The summed E-state index contributed by atoms with van der Waals surface area (Å²) in [5.74, 6) is 0.801. The second-order valence-electron chi connectivity index (χ2n) is 5.12. The fourth-order valence-electron chi connectivity index (χ4n) is 2.73. The number of anilines is 1. The highest BCUT2D eigenvalue weighted by Crippen LogP contribution is 2.43. The Kier molecular flexibility index (Phi) is 3.05. The lowest BCUT2D eigenvalue weighted by Gasteiger charge is -2.41. The molecule has 0 aliphatic heterocycles. The summed E-state index contributed by atoms with van der Waals surface area (Å²) in [6, 6.07) is 5.78. The number of hydrogen-bond acceptors (Lipinski definition) is 4. The first-order valence-electron chi connectivity index (χ1n) is 6.50. The molecule has 0 bridgehead atoms. The maximum Gasteiger partial charge on any atom is 0.182 e. The van der Waals surface area contributed by atoms with Gasteiger partial charge in [0.2, 0.25) is 0 Å². The van der Waals surface area contributed by atoms with E-state index >= 15 is 0 Å². The van der Waals surface area contributed by atoms with Crippen molar-refractivity contribution in [3.8, 4) is 11.4 Å². The largest absolute Gasteiger partial charge is 0.399 e. The Morgan fingerprint density at radius 2 is 2.16 bits per heavy atom. The predicted molar refractivity (Wildman–Crippen MR) is 77.5 cm³/mol. The van der Waals surface area contributed by atoms with Crippen molar-refractivity contribution in [3.05, 3.63) is 22.7 Å². The van der Waals surface area contributed by atoms with Gasteiger partial charge < -0.3 is 5.73 Å². The average molecular weight is 322 g/mol. The summed E-state index contributed by atoms with van der Waals surface area (Å²) >= 11 is 3.46. The van der Waals surface area contributed by atoms with Crippen molar-refractivity contribution >= 4 is 21.6 Å². The molecule has 0 amide bonds. The lowest BCUT2D eigenvalue weighted by Crippen LogP contribution is -2.41. The Morgan fingerprint density at radius 1 is 1.37 bits per heavy atom. The van der Waals surface area contributed by atoms with Gasteiger partial charge in [-0.15, -0.1) is 5.10 Å². The number of rotatable bonds is 3. The van der Waals surface area contributed by atoms with Crippen LogP contribution in [0, 0.1) is 0 Å². The molecule has 0 unspecified atom stereocenters. The minimum Gasteiger partial charge on any atom is -0.399 e. The molecule has 0 radical (unpaired) electrons. The summed E-state index contributed by atoms with van der Waals surface area (Å²) in [6.45, 7) is 2.19. The van der Waals surface area contributed by atoms with Gasteiger partial charge in [0.15, 0.2) is 5.82 Å². The zero-order valence-electron chi connectivity index (χ0n) is 10.8. The van der Waals surface area contributed by atoms with Crippen molar-refractivity contribution < 1.29 is 0 Å². The van der Waals surface area contributed by atoms with E-state index in [0.717, 1.165) is 35.1 Å². The fourth-order valence-corrected chi connectivity index (χ4v) is 3.24. The second-order valence-corrected chi connectivity index (χ2v) is 6.03. The minimum absolute atomic E-state index is 0.0932. The molecule has 5 nitrogen and oxygen atoms in total. The zero-order chi connectivity index (χ0) is 13.5.